The lowest BCUT2D eigenvalue weighted by Gasteiger charge is -2.26. The Hall–Kier alpha value is -0.610. The summed E-state index contributed by atoms with van der Waals surface area (Å²) >= 11 is 0. The van der Waals surface area contributed by atoms with Gasteiger partial charge in [0.05, 0.1) is 5.54 Å². The summed E-state index contributed by atoms with van der Waals surface area (Å²) in [5.74, 6) is 0.763. The van der Waals surface area contributed by atoms with Crippen molar-refractivity contribution < 1.29 is 9.53 Å². The second-order valence-electron chi connectivity index (χ2n) is 5.13. The van der Waals surface area contributed by atoms with Crippen LogP contribution in [0.4, 0.5) is 0 Å². The van der Waals surface area contributed by atoms with E-state index in [4.69, 9.17) is 4.74 Å². The topological polar surface area (TPSA) is 50.4 Å². The molecule has 0 spiro atoms. The summed E-state index contributed by atoms with van der Waals surface area (Å²) in [6.45, 7) is 5.45. The molecule has 0 bridgehead atoms. The first-order valence-electron chi connectivity index (χ1n) is 6.32. The zero-order valence-electron chi connectivity index (χ0n) is 10.1. The van der Waals surface area contributed by atoms with E-state index in [0.29, 0.717) is 5.92 Å². The monoisotopic (exact) mass is 226 g/mol. The standard InChI is InChI=1S/C12H22N2O2/c1-12(5-2-6-14-12)11(15)13-9-10-3-7-16-8-4-10/h10,14H,2-9H2,1H3,(H,13,15). The highest BCUT2D eigenvalue weighted by Crippen LogP contribution is 2.19. The molecule has 2 rings (SSSR count). The highest BCUT2D eigenvalue weighted by Gasteiger charge is 2.35. The van der Waals surface area contributed by atoms with E-state index in [9.17, 15) is 4.79 Å². The predicted octanol–water partition coefficient (Wildman–Crippen LogP) is 0.671. The molecule has 2 N–H and O–H groups in total. The average molecular weight is 226 g/mol. The molecule has 1 unspecified atom stereocenters. The van der Waals surface area contributed by atoms with Crippen LogP contribution in [0, 0.1) is 5.92 Å². The predicted molar refractivity (Wildman–Crippen MR) is 62.2 cm³/mol. The Balaban J connectivity index is 1.74. The molecule has 2 aliphatic heterocycles. The van der Waals surface area contributed by atoms with Gasteiger partial charge in [0.25, 0.3) is 0 Å². The van der Waals surface area contributed by atoms with E-state index in [1.807, 2.05) is 6.92 Å². The van der Waals surface area contributed by atoms with Crippen LogP contribution in [-0.2, 0) is 9.53 Å². The molecule has 0 saturated carbocycles. The maximum absolute atomic E-state index is 12.0. The van der Waals surface area contributed by atoms with Crippen LogP contribution in [0.2, 0.25) is 0 Å². The number of hydrogen-bond donors (Lipinski definition) is 2. The van der Waals surface area contributed by atoms with Crippen molar-refractivity contribution >= 4 is 5.91 Å². The molecule has 4 nitrogen and oxygen atoms in total. The van der Waals surface area contributed by atoms with Crippen molar-refractivity contribution in [2.75, 3.05) is 26.3 Å². The van der Waals surface area contributed by atoms with Crippen molar-refractivity contribution in [3.05, 3.63) is 0 Å². The molecule has 2 fully saturated rings. The van der Waals surface area contributed by atoms with E-state index in [1.165, 1.54) is 0 Å². The van der Waals surface area contributed by atoms with Gasteiger partial charge in [0.15, 0.2) is 0 Å². The summed E-state index contributed by atoms with van der Waals surface area (Å²) in [6.07, 6.45) is 4.20. The molecule has 92 valence electrons. The van der Waals surface area contributed by atoms with Gasteiger partial charge in [-0.3, -0.25) is 4.79 Å². The normalized spacial score (nSPS) is 31.6. The van der Waals surface area contributed by atoms with E-state index in [0.717, 1.165) is 52.0 Å². The quantitative estimate of drug-likeness (QED) is 0.743. The second kappa shape index (κ2) is 5.15. The molecule has 2 aliphatic rings. The minimum Gasteiger partial charge on any atom is -0.381 e. The first-order valence-corrected chi connectivity index (χ1v) is 6.32. The third-order valence-electron chi connectivity index (χ3n) is 3.76. The summed E-state index contributed by atoms with van der Waals surface area (Å²) in [5.41, 5.74) is -0.328. The molecular formula is C12H22N2O2. The molecule has 0 aromatic carbocycles. The average Bonchev–Trinajstić information content (AvgIpc) is 2.76. The molecule has 0 aromatic heterocycles. The highest BCUT2D eigenvalue weighted by atomic mass is 16.5. The number of rotatable bonds is 3. The van der Waals surface area contributed by atoms with Crippen molar-refractivity contribution in [3.63, 3.8) is 0 Å². The molecule has 4 heteroatoms. The molecule has 1 atom stereocenters. The Labute approximate surface area is 97.1 Å². The van der Waals surface area contributed by atoms with Crippen LogP contribution in [0.15, 0.2) is 0 Å². The largest absolute Gasteiger partial charge is 0.381 e. The maximum atomic E-state index is 12.0. The van der Waals surface area contributed by atoms with Crippen LogP contribution < -0.4 is 10.6 Å². The van der Waals surface area contributed by atoms with Gasteiger partial charge in [-0.25, -0.2) is 0 Å². The van der Waals surface area contributed by atoms with Gasteiger partial charge >= 0.3 is 0 Å². The van der Waals surface area contributed by atoms with E-state index < -0.39 is 0 Å². The molecule has 2 saturated heterocycles. The minimum absolute atomic E-state index is 0.163. The van der Waals surface area contributed by atoms with Crippen LogP contribution >= 0.6 is 0 Å². The zero-order chi connectivity index (χ0) is 11.4. The Morgan fingerprint density at radius 3 is 2.88 bits per heavy atom. The van der Waals surface area contributed by atoms with Crippen molar-refractivity contribution in [2.45, 2.75) is 38.1 Å². The number of hydrogen-bond acceptors (Lipinski definition) is 3. The van der Waals surface area contributed by atoms with E-state index in [-0.39, 0.29) is 11.4 Å². The van der Waals surface area contributed by atoms with Crippen LogP contribution in [0.5, 0.6) is 0 Å². The van der Waals surface area contributed by atoms with Gasteiger partial charge in [-0.2, -0.15) is 0 Å². The Morgan fingerprint density at radius 1 is 1.50 bits per heavy atom. The number of amides is 1. The van der Waals surface area contributed by atoms with E-state index in [1.54, 1.807) is 0 Å². The lowest BCUT2D eigenvalue weighted by molar-refractivity contribution is -0.126. The molecular weight excluding hydrogens is 204 g/mol. The fraction of sp³-hybridized carbons (Fsp3) is 0.917. The van der Waals surface area contributed by atoms with Crippen molar-refractivity contribution in [1.29, 1.82) is 0 Å². The highest BCUT2D eigenvalue weighted by molar-refractivity contribution is 5.86. The Bertz CT molecular complexity index is 243. The van der Waals surface area contributed by atoms with Crippen molar-refractivity contribution in [2.24, 2.45) is 5.92 Å². The Kier molecular flexibility index (Phi) is 3.82. The van der Waals surface area contributed by atoms with Crippen LogP contribution in [0.25, 0.3) is 0 Å². The summed E-state index contributed by atoms with van der Waals surface area (Å²) in [7, 11) is 0. The number of carbonyl (C=O) groups excluding carboxylic acids is 1. The van der Waals surface area contributed by atoms with Gasteiger partial charge < -0.3 is 15.4 Å². The van der Waals surface area contributed by atoms with Crippen LogP contribution in [0.1, 0.15) is 32.6 Å². The molecule has 0 aliphatic carbocycles. The van der Waals surface area contributed by atoms with E-state index >= 15 is 0 Å². The fourth-order valence-corrected chi connectivity index (χ4v) is 2.47. The fourth-order valence-electron chi connectivity index (χ4n) is 2.47. The second-order valence-corrected chi connectivity index (χ2v) is 5.13. The van der Waals surface area contributed by atoms with Gasteiger partial charge in [0, 0.05) is 19.8 Å². The number of ether oxygens (including phenoxy) is 1. The maximum Gasteiger partial charge on any atom is 0.240 e. The van der Waals surface area contributed by atoms with Gasteiger partial charge in [0.2, 0.25) is 5.91 Å². The molecule has 2 heterocycles. The smallest absolute Gasteiger partial charge is 0.240 e. The van der Waals surface area contributed by atoms with Crippen LogP contribution in [0.3, 0.4) is 0 Å². The number of carbonyl (C=O) groups is 1. The van der Waals surface area contributed by atoms with Crippen molar-refractivity contribution in [3.8, 4) is 0 Å². The zero-order valence-corrected chi connectivity index (χ0v) is 10.1. The van der Waals surface area contributed by atoms with Gasteiger partial charge in [-0.05, 0) is 45.1 Å². The summed E-state index contributed by atoms with van der Waals surface area (Å²) < 4.78 is 5.30. The first-order chi connectivity index (χ1) is 7.71. The lowest BCUT2D eigenvalue weighted by Crippen LogP contribution is -2.52. The summed E-state index contributed by atoms with van der Waals surface area (Å²) in [6, 6.07) is 0. The lowest BCUT2D eigenvalue weighted by atomic mass is 9.97. The van der Waals surface area contributed by atoms with Gasteiger partial charge in [0.1, 0.15) is 0 Å². The summed E-state index contributed by atoms with van der Waals surface area (Å²) in [5, 5.41) is 6.36. The third kappa shape index (κ3) is 2.74. The van der Waals surface area contributed by atoms with E-state index in [2.05, 4.69) is 10.6 Å². The number of nitrogens with one attached hydrogen (secondary N) is 2. The molecule has 0 aromatic rings. The molecule has 0 radical (unpaired) electrons. The minimum atomic E-state index is -0.328. The molecule has 16 heavy (non-hydrogen) atoms. The summed E-state index contributed by atoms with van der Waals surface area (Å²) in [4.78, 5) is 12.0. The Morgan fingerprint density at radius 2 is 2.25 bits per heavy atom. The van der Waals surface area contributed by atoms with Gasteiger partial charge in [-0.1, -0.05) is 0 Å². The van der Waals surface area contributed by atoms with Gasteiger partial charge in [-0.15, -0.1) is 0 Å². The third-order valence-corrected chi connectivity index (χ3v) is 3.76. The van der Waals surface area contributed by atoms with Crippen LogP contribution in [-0.4, -0.2) is 37.7 Å². The SMILES string of the molecule is CC1(C(=O)NCC2CCOCC2)CCCN1. The first kappa shape index (κ1) is 11.9. The molecule has 1 amide bonds. The van der Waals surface area contributed by atoms with Crippen molar-refractivity contribution in [1.82, 2.24) is 10.6 Å².